The molecule has 0 amide bonds. The third-order valence-corrected chi connectivity index (χ3v) is 5.19. The minimum atomic E-state index is 0.407. The highest BCUT2D eigenvalue weighted by atomic mass is 15.3. The maximum atomic E-state index is 4.73. The fourth-order valence-electron chi connectivity index (χ4n) is 3.38. The molecule has 6 heteroatoms. The molecule has 138 valence electrons. The first-order valence-corrected chi connectivity index (χ1v) is 9.48. The number of anilines is 1. The normalized spacial score (nSPS) is 18.2. The summed E-state index contributed by atoms with van der Waals surface area (Å²) >= 11 is 0. The Morgan fingerprint density at radius 1 is 1.12 bits per heavy atom. The Morgan fingerprint density at radius 2 is 1.84 bits per heavy atom. The van der Waals surface area contributed by atoms with E-state index in [-0.39, 0.29) is 0 Å². The summed E-state index contributed by atoms with van der Waals surface area (Å²) in [5.74, 6) is 1.46. The van der Waals surface area contributed by atoms with E-state index in [1.165, 1.54) is 26.2 Å². The Labute approximate surface area is 151 Å². The second-order valence-corrected chi connectivity index (χ2v) is 7.68. The van der Waals surface area contributed by atoms with Crippen molar-refractivity contribution >= 4 is 11.5 Å². The third-order valence-electron chi connectivity index (χ3n) is 5.19. The SMILES string of the molecule is Cc1cc2nc(C(C)C)cc(NCC[C@H](C)N3CCN(C)CC3)n2n1. The van der Waals surface area contributed by atoms with Crippen molar-refractivity contribution in [3.8, 4) is 0 Å². The van der Waals surface area contributed by atoms with E-state index in [9.17, 15) is 0 Å². The van der Waals surface area contributed by atoms with Crippen molar-refractivity contribution in [2.24, 2.45) is 0 Å². The molecule has 1 saturated heterocycles. The molecule has 1 fully saturated rings. The summed E-state index contributed by atoms with van der Waals surface area (Å²) in [6, 6.07) is 4.79. The van der Waals surface area contributed by atoms with Gasteiger partial charge in [0.15, 0.2) is 5.65 Å². The number of nitrogens with one attached hydrogen (secondary N) is 1. The molecule has 0 aliphatic carbocycles. The van der Waals surface area contributed by atoms with Crippen LogP contribution in [0.2, 0.25) is 0 Å². The van der Waals surface area contributed by atoms with Crippen LogP contribution in [0.25, 0.3) is 5.65 Å². The quantitative estimate of drug-likeness (QED) is 0.873. The number of rotatable bonds is 6. The lowest BCUT2D eigenvalue weighted by atomic mass is 10.1. The zero-order valence-electron chi connectivity index (χ0n) is 16.3. The smallest absolute Gasteiger partial charge is 0.157 e. The average molecular weight is 345 g/mol. The van der Waals surface area contributed by atoms with E-state index in [0.29, 0.717) is 12.0 Å². The van der Waals surface area contributed by atoms with E-state index < -0.39 is 0 Å². The molecule has 0 unspecified atom stereocenters. The molecule has 0 spiro atoms. The molecule has 3 heterocycles. The van der Waals surface area contributed by atoms with Crippen LogP contribution in [-0.2, 0) is 0 Å². The molecule has 2 aromatic rings. The standard InChI is InChI=1S/C19H32N6/c1-14(2)17-13-18(25-19(21-17)12-15(3)22-25)20-7-6-16(4)24-10-8-23(5)9-11-24/h12-14,16,20H,6-11H2,1-5H3/t16-/m0/s1. The molecule has 0 bridgehead atoms. The largest absolute Gasteiger partial charge is 0.370 e. The van der Waals surface area contributed by atoms with Crippen LogP contribution < -0.4 is 5.32 Å². The molecular formula is C19H32N6. The van der Waals surface area contributed by atoms with Crippen LogP contribution in [-0.4, -0.2) is 70.2 Å². The maximum absolute atomic E-state index is 4.73. The topological polar surface area (TPSA) is 48.7 Å². The summed E-state index contributed by atoms with van der Waals surface area (Å²) in [6.07, 6.45) is 1.13. The van der Waals surface area contributed by atoms with E-state index in [1.807, 2.05) is 17.5 Å². The van der Waals surface area contributed by atoms with Crippen molar-refractivity contribution in [3.05, 3.63) is 23.5 Å². The lowest BCUT2D eigenvalue weighted by Crippen LogP contribution is -2.48. The number of aryl methyl sites for hydroxylation is 1. The van der Waals surface area contributed by atoms with Crippen molar-refractivity contribution in [1.82, 2.24) is 24.4 Å². The van der Waals surface area contributed by atoms with Crippen LogP contribution >= 0.6 is 0 Å². The predicted molar refractivity (Wildman–Crippen MR) is 103 cm³/mol. The molecular weight excluding hydrogens is 312 g/mol. The van der Waals surface area contributed by atoms with Crippen LogP contribution in [0.1, 0.15) is 44.5 Å². The molecule has 25 heavy (non-hydrogen) atoms. The van der Waals surface area contributed by atoms with Gasteiger partial charge in [0.2, 0.25) is 0 Å². The van der Waals surface area contributed by atoms with E-state index in [0.717, 1.165) is 35.8 Å². The number of likely N-dealkylation sites (N-methyl/N-ethyl adjacent to an activating group) is 1. The molecule has 6 nitrogen and oxygen atoms in total. The highest BCUT2D eigenvalue weighted by Crippen LogP contribution is 2.20. The first-order valence-electron chi connectivity index (χ1n) is 9.48. The van der Waals surface area contributed by atoms with Crippen molar-refractivity contribution in [2.45, 2.75) is 46.1 Å². The predicted octanol–water partition coefficient (Wildman–Crippen LogP) is 2.60. The van der Waals surface area contributed by atoms with Crippen LogP contribution in [0, 0.1) is 6.92 Å². The monoisotopic (exact) mass is 344 g/mol. The van der Waals surface area contributed by atoms with Gasteiger partial charge in [0, 0.05) is 56.6 Å². The number of hydrogen-bond donors (Lipinski definition) is 1. The Hall–Kier alpha value is -1.66. The second-order valence-electron chi connectivity index (χ2n) is 7.68. The van der Waals surface area contributed by atoms with Gasteiger partial charge in [-0.15, -0.1) is 0 Å². The van der Waals surface area contributed by atoms with Crippen molar-refractivity contribution in [2.75, 3.05) is 45.1 Å². The Morgan fingerprint density at radius 3 is 2.52 bits per heavy atom. The van der Waals surface area contributed by atoms with Crippen molar-refractivity contribution < 1.29 is 0 Å². The van der Waals surface area contributed by atoms with E-state index in [1.54, 1.807) is 0 Å². The van der Waals surface area contributed by atoms with E-state index in [2.05, 4.69) is 54.1 Å². The van der Waals surface area contributed by atoms with Gasteiger partial charge < -0.3 is 10.2 Å². The second kappa shape index (κ2) is 7.70. The van der Waals surface area contributed by atoms with Crippen LogP contribution in [0.5, 0.6) is 0 Å². The molecule has 1 atom stereocenters. The van der Waals surface area contributed by atoms with Crippen molar-refractivity contribution in [1.29, 1.82) is 0 Å². The molecule has 0 radical (unpaired) electrons. The highest BCUT2D eigenvalue weighted by molar-refractivity contribution is 5.50. The zero-order chi connectivity index (χ0) is 18.0. The van der Waals surface area contributed by atoms with Gasteiger partial charge in [-0.05, 0) is 33.2 Å². The summed E-state index contributed by atoms with van der Waals surface area (Å²) in [5.41, 5.74) is 3.04. The molecule has 3 rings (SSSR count). The number of nitrogens with zero attached hydrogens (tertiary/aromatic N) is 5. The lowest BCUT2D eigenvalue weighted by molar-refractivity contribution is 0.116. The summed E-state index contributed by atoms with van der Waals surface area (Å²) in [5, 5.41) is 8.18. The van der Waals surface area contributed by atoms with Gasteiger partial charge in [-0.25, -0.2) is 4.98 Å². The van der Waals surface area contributed by atoms with Crippen LogP contribution in [0.3, 0.4) is 0 Å². The first-order chi connectivity index (χ1) is 11.9. The molecule has 2 aromatic heterocycles. The van der Waals surface area contributed by atoms with Gasteiger partial charge in [-0.1, -0.05) is 13.8 Å². The number of aromatic nitrogens is 3. The average Bonchev–Trinajstić information content (AvgIpc) is 2.95. The lowest BCUT2D eigenvalue weighted by Gasteiger charge is -2.36. The van der Waals surface area contributed by atoms with Crippen LogP contribution in [0.15, 0.2) is 12.1 Å². The summed E-state index contributed by atoms with van der Waals surface area (Å²) in [7, 11) is 2.20. The fraction of sp³-hybridized carbons (Fsp3) is 0.684. The van der Waals surface area contributed by atoms with Gasteiger partial charge in [0.05, 0.1) is 5.69 Å². The Kier molecular flexibility index (Phi) is 5.59. The number of fused-ring (bicyclic) bond motifs is 1. The Balaban J connectivity index is 1.64. The van der Waals surface area contributed by atoms with Gasteiger partial charge >= 0.3 is 0 Å². The third kappa shape index (κ3) is 4.30. The van der Waals surface area contributed by atoms with Gasteiger partial charge in [0.1, 0.15) is 5.82 Å². The minimum Gasteiger partial charge on any atom is -0.370 e. The van der Waals surface area contributed by atoms with Crippen LogP contribution in [0.4, 0.5) is 5.82 Å². The fourth-order valence-corrected chi connectivity index (χ4v) is 3.38. The molecule has 1 aliphatic rings. The maximum Gasteiger partial charge on any atom is 0.157 e. The summed E-state index contributed by atoms with van der Waals surface area (Å²) in [4.78, 5) is 9.73. The first kappa shape index (κ1) is 18.1. The molecule has 1 N–H and O–H groups in total. The van der Waals surface area contributed by atoms with Gasteiger partial charge in [-0.3, -0.25) is 4.90 Å². The molecule has 0 saturated carbocycles. The van der Waals surface area contributed by atoms with Crippen molar-refractivity contribution in [3.63, 3.8) is 0 Å². The molecule has 1 aliphatic heterocycles. The minimum absolute atomic E-state index is 0.407. The number of piperazine rings is 1. The van der Waals surface area contributed by atoms with E-state index >= 15 is 0 Å². The highest BCUT2D eigenvalue weighted by Gasteiger charge is 2.19. The summed E-state index contributed by atoms with van der Waals surface area (Å²) in [6.45, 7) is 14.4. The number of hydrogen-bond acceptors (Lipinski definition) is 5. The van der Waals surface area contributed by atoms with Gasteiger partial charge in [0.25, 0.3) is 0 Å². The van der Waals surface area contributed by atoms with E-state index in [4.69, 9.17) is 4.98 Å². The zero-order valence-corrected chi connectivity index (χ0v) is 16.3. The summed E-state index contributed by atoms with van der Waals surface area (Å²) < 4.78 is 1.93. The van der Waals surface area contributed by atoms with Gasteiger partial charge in [-0.2, -0.15) is 9.61 Å². The Bertz CT molecular complexity index is 699. The molecule has 0 aromatic carbocycles.